The molecule has 1 aliphatic rings. The van der Waals surface area contributed by atoms with Crippen LogP contribution in [-0.4, -0.2) is 10.1 Å². The van der Waals surface area contributed by atoms with Crippen molar-refractivity contribution < 1.29 is 5.11 Å². The molecule has 1 aromatic carbocycles. The van der Waals surface area contributed by atoms with E-state index >= 15 is 0 Å². The summed E-state index contributed by atoms with van der Waals surface area (Å²) in [6, 6.07) is 16.3. The summed E-state index contributed by atoms with van der Waals surface area (Å²) >= 11 is 0. The maximum atomic E-state index is 10.9. The summed E-state index contributed by atoms with van der Waals surface area (Å²) in [5.41, 5.74) is 2.05. The van der Waals surface area contributed by atoms with Crippen molar-refractivity contribution >= 4 is 0 Å². The summed E-state index contributed by atoms with van der Waals surface area (Å²) in [6.07, 6.45) is 4.62. The molecule has 0 bridgehead atoms. The number of aromatic nitrogens is 1. The Morgan fingerprint density at radius 3 is 2.30 bits per heavy atom. The second kappa shape index (κ2) is 5.37. The molecule has 1 aromatic heterocycles. The van der Waals surface area contributed by atoms with E-state index in [9.17, 15) is 5.11 Å². The van der Waals surface area contributed by atoms with Gasteiger partial charge in [0.25, 0.3) is 0 Å². The number of aliphatic hydroxyl groups excluding tert-OH is 1. The van der Waals surface area contributed by atoms with Crippen molar-refractivity contribution in [2.75, 3.05) is 0 Å². The number of hydrogen-bond donors (Lipinski definition) is 1. The summed E-state index contributed by atoms with van der Waals surface area (Å²) in [7, 11) is 0. The third kappa shape index (κ3) is 2.14. The Labute approximate surface area is 120 Å². The molecule has 0 amide bonds. The van der Waals surface area contributed by atoms with E-state index in [1.54, 1.807) is 6.20 Å². The lowest BCUT2D eigenvalue weighted by Gasteiger charge is -2.50. The van der Waals surface area contributed by atoms with Gasteiger partial charge in [0.05, 0.1) is 5.69 Å². The average Bonchev–Trinajstić information content (AvgIpc) is 2.47. The van der Waals surface area contributed by atoms with E-state index in [0.29, 0.717) is 5.92 Å². The van der Waals surface area contributed by atoms with Gasteiger partial charge in [0.2, 0.25) is 0 Å². The lowest BCUT2D eigenvalue weighted by atomic mass is 9.56. The third-order valence-electron chi connectivity index (χ3n) is 4.96. The average molecular weight is 267 g/mol. The van der Waals surface area contributed by atoms with E-state index in [2.05, 4.69) is 36.2 Å². The molecule has 2 atom stereocenters. The summed E-state index contributed by atoms with van der Waals surface area (Å²) < 4.78 is 0. The minimum absolute atomic E-state index is 0.0598. The molecule has 2 nitrogen and oxygen atoms in total. The number of nitrogens with zero attached hydrogens (tertiary/aromatic N) is 1. The number of aliphatic hydroxyl groups is 1. The highest BCUT2D eigenvalue weighted by molar-refractivity contribution is 5.25. The molecule has 1 N–H and O–H groups in total. The molecule has 0 saturated heterocycles. The Hall–Kier alpha value is -1.67. The molecular weight excluding hydrogens is 246 g/mol. The molecule has 0 spiro atoms. The van der Waals surface area contributed by atoms with Gasteiger partial charge in [-0.2, -0.15) is 0 Å². The maximum Gasteiger partial charge on any atom is 0.102 e. The zero-order valence-electron chi connectivity index (χ0n) is 11.9. The molecule has 1 fully saturated rings. The van der Waals surface area contributed by atoms with E-state index in [1.165, 1.54) is 12.0 Å². The van der Waals surface area contributed by atoms with Crippen molar-refractivity contribution in [3.8, 4) is 0 Å². The Morgan fingerprint density at radius 2 is 1.75 bits per heavy atom. The smallest absolute Gasteiger partial charge is 0.102 e. The molecular formula is C18H21NO. The lowest BCUT2D eigenvalue weighted by Crippen LogP contribution is -2.41. The molecule has 1 heterocycles. The monoisotopic (exact) mass is 267 g/mol. The predicted molar refractivity (Wildman–Crippen MR) is 80.3 cm³/mol. The highest BCUT2D eigenvalue weighted by atomic mass is 16.3. The minimum Gasteiger partial charge on any atom is -0.386 e. The molecule has 0 aliphatic heterocycles. The quantitative estimate of drug-likeness (QED) is 0.905. The third-order valence-corrected chi connectivity index (χ3v) is 4.96. The number of hydrogen-bond acceptors (Lipinski definition) is 2. The van der Waals surface area contributed by atoms with Crippen LogP contribution in [0.5, 0.6) is 0 Å². The van der Waals surface area contributed by atoms with Crippen LogP contribution in [0.3, 0.4) is 0 Å². The first-order chi connectivity index (χ1) is 9.74. The summed E-state index contributed by atoms with van der Waals surface area (Å²) in [5.74, 6) is 0.342. The van der Waals surface area contributed by atoms with Crippen LogP contribution in [-0.2, 0) is 0 Å². The first kappa shape index (κ1) is 13.3. The molecule has 1 saturated carbocycles. The van der Waals surface area contributed by atoms with Gasteiger partial charge in [-0.25, -0.2) is 0 Å². The van der Waals surface area contributed by atoms with Crippen molar-refractivity contribution in [3.05, 3.63) is 66.0 Å². The minimum atomic E-state index is -0.479. The Morgan fingerprint density at radius 1 is 1.05 bits per heavy atom. The normalized spacial score (nSPS) is 19.9. The molecule has 0 radical (unpaired) electrons. The second-order valence-corrected chi connectivity index (χ2v) is 5.88. The Kier molecular flexibility index (Phi) is 3.58. The van der Waals surface area contributed by atoms with Gasteiger partial charge in [-0.3, -0.25) is 4.98 Å². The largest absolute Gasteiger partial charge is 0.386 e. The first-order valence-electron chi connectivity index (χ1n) is 7.38. The number of benzene rings is 1. The van der Waals surface area contributed by atoms with E-state index in [-0.39, 0.29) is 5.41 Å². The summed E-state index contributed by atoms with van der Waals surface area (Å²) in [5, 5.41) is 10.9. The van der Waals surface area contributed by atoms with Gasteiger partial charge in [0.1, 0.15) is 6.10 Å². The van der Waals surface area contributed by atoms with Crippen LogP contribution >= 0.6 is 0 Å². The van der Waals surface area contributed by atoms with Crippen LogP contribution in [0, 0.1) is 5.41 Å². The predicted octanol–water partition coefficient (Wildman–Crippen LogP) is 4.09. The van der Waals surface area contributed by atoms with Crippen LogP contribution < -0.4 is 0 Å². The molecule has 2 unspecified atom stereocenters. The van der Waals surface area contributed by atoms with Crippen molar-refractivity contribution in [2.24, 2.45) is 5.41 Å². The molecule has 2 heteroatoms. The molecule has 1 aliphatic carbocycles. The van der Waals surface area contributed by atoms with E-state index in [0.717, 1.165) is 18.5 Å². The van der Waals surface area contributed by atoms with Gasteiger partial charge < -0.3 is 5.11 Å². The van der Waals surface area contributed by atoms with Crippen molar-refractivity contribution in [3.63, 3.8) is 0 Å². The van der Waals surface area contributed by atoms with Gasteiger partial charge in [0, 0.05) is 11.6 Å². The maximum absolute atomic E-state index is 10.9. The second-order valence-electron chi connectivity index (χ2n) is 5.88. The fraction of sp³-hybridized carbons (Fsp3) is 0.389. The summed E-state index contributed by atoms with van der Waals surface area (Å²) in [4.78, 5) is 4.35. The fourth-order valence-electron chi connectivity index (χ4n) is 3.43. The number of pyridine rings is 1. The fourth-order valence-corrected chi connectivity index (χ4v) is 3.43. The molecule has 3 rings (SSSR count). The SMILES string of the molecule is CC(c1ccccc1)C1(C(O)c2ccccn2)CCC1. The standard InChI is InChI=1S/C18H21NO/c1-14(15-8-3-2-4-9-15)18(11-7-12-18)17(20)16-10-5-6-13-19-16/h2-6,8-10,13-14,17,20H,7,11-12H2,1H3. The zero-order chi connectivity index (χ0) is 14.0. The van der Waals surface area contributed by atoms with Gasteiger partial charge >= 0.3 is 0 Å². The van der Waals surface area contributed by atoms with Gasteiger partial charge in [-0.05, 0) is 36.5 Å². The van der Waals surface area contributed by atoms with Crippen LogP contribution in [0.15, 0.2) is 54.7 Å². The van der Waals surface area contributed by atoms with E-state index < -0.39 is 6.10 Å². The highest BCUT2D eigenvalue weighted by Gasteiger charge is 2.48. The van der Waals surface area contributed by atoms with Crippen LogP contribution in [0.4, 0.5) is 0 Å². The summed E-state index contributed by atoms with van der Waals surface area (Å²) in [6.45, 7) is 2.24. The highest BCUT2D eigenvalue weighted by Crippen LogP contribution is 2.58. The van der Waals surface area contributed by atoms with Gasteiger partial charge in [0.15, 0.2) is 0 Å². The van der Waals surface area contributed by atoms with Crippen LogP contribution in [0.2, 0.25) is 0 Å². The Bertz CT molecular complexity index is 501. The van der Waals surface area contributed by atoms with Crippen molar-refractivity contribution in [1.29, 1.82) is 0 Å². The zero-order valence-corrected chi connectivity index (χ0v) is 11.9. The van der Waals surface area contributed by atoms with Crippen molar-refractivity contribution in [2.45, 2.75) is 38.2 Å². The van der Waals surface area contributed by atoms with Crippen LogP contribution in [0.1, 0.15) is 49.5 Å². The van der Waals surface area contributed by atoms with E-state index in [4.69, 9.17) is 0 Å². The van der Waals surface area contributed by atoms with Gasteiger partial charge in [-0.1, -0.05) is 49.7 Å². The van der Waals surface area contributed by atoms with Crippen LogP contribution in [0.25, 0.3) is 0 Å². The topological polar surface area (TPSA) is 33.1 Å². The van der Waals surface area contributed by atoms with Crippen molar-refractivity contribution in [1.82, 2.24) is 4.98 Å². The molecule has 2 aromatic rings. The molecule has 104 valence electrons. The number of rotatable bonds is 4. The van der Waals surface area contributed by atoms with Gasteiger partial charge in [-0.15, -0.1) is 0 Å². The van der Waals surface area contributed by atoms with E-state index in [1.807, 2.05) is 24.3 Å². The first-order valence-corrected chi connectivity index (χ1v) is 7.38. The molecule has 20 heavy (non-hydrogen) atoms. The Balaban J connectivity index is 1.92. The lowest BCUT2D eigenvalue weighted by molar-refractivity contribution is -0.0569.